The second-order valence-corrected chi connectivity index (χ2v) is 5.04. The van der Waals surface area contributed by atoms with E-state index >= 15 is 0 Å². The highest BCUT2D eigenvalue weighted by Crippen LogP contribution is 2.29. The van der Waals surface area contributed by atoms with Crippen molar-refractivity contribution >= 4 is 17.3 Å². The zero-order chi connectivity index (χ0) is 15.4. The highest BCUT2D eigenvalue weighted by molar-refractivity contribution is 5.82. The van der Waals surface area contributed by atoms with Gasteiger partial charge in [-0.25, -0.2) is 0 Å². The van der Waals surface area contributed by atoms with Crippen LogP contribution in [0.2, 0.25) is 0 Å². The van der Waals surface area contributed by atoms with E-state index in [1.165, 1.54) is 6.07 Å². The van der Waals surface area contributed by atoms with Gasteiger partial charge in [0.05, 0.1) is 11.0 Å². The Morgan fingerprint density at radius 2 is 2.29 bits per heavy atom. The molecule has 0 bridgehead atoms. The van der Waals surface area contributed by atoms with Gasteiger partial charge in [-0.05, 0) is 19.4 Å². The summed E-state index contributed by atoms with van der Waals surface area (Å²) < 4.78 is 0. The van der Waals surface area contributed by atoms with Gasteiger partial charge in [0.2, 0.25) is 5.91 Å². The number of hydrogen-bond donors (Lipinski definition) is 2. The average molecular weight is 292 g/mol. The molecule has 1 heterocycles. The second kappa shape index (κ2) is 6.53. The zero-order valence-corrected chi connectivity index (χ0v) is 12.3. The monoisotopic (exact) mass is 292 g/mol. The molecule has 1 aromatic rings. The number of anilines is 1. The first kappa shape index (κ1) is 15.2. The lowest BCUT2D eigenvalue weighted by Crippen LogP contribution is -2.53. The Labute approximate surface area is 123 Å². The molecule has 21 heavy (non-hydrogen) atoms. The minimum atomic E-state index is -0.381. The Morgan fingerprint density at radius 1 is 1.52 bits per heavy atom. The predicted molar refractivity (Wildman–Crippen MR) is 80.1 cm³/mol. The molecule has 1 unspecified atom stereocenters. The maximum absolute atomic E-state index is 11.7. The van der Waals surface area contributed by atoms with Gasteiger partial charge in [0.25, 0.3) is 5.69 Å². The lowest BCUT2D eigenvalue weighted by Gasteiger charge is -2.33. The largest absolute Gasteiger partial charge is 0.380 e. The van der Waals surface area contributed by atoms with E-state index in [0.29, 0.717) is 25.3 Å². The van der Waals surface area contributed by atoms with Crippen LogP contribution in [0.15, 0.2) is 18.2 Å². The molecule has 114 valence electrons. The number of para-hydroxylation sites is 1. The summed E-state index contributed by atoms with van der Waals surface area (Å²) in [4.78, 5) is 24.5. The van der Waals surface area contributed by atoms with E-state index in [1.807, 2.05) is 24.8 Å². The molecule has 1 amide bonds. The summed E-state index contributed by atoms with van der Waals surface area (Å²) in [5.41, 5.74) is 1.46. The number of nitrogens with zero attached hydrogens (tertiary/aromatic N) is 2. The number of rotatable bonds is 5. The minimum absolute atomic E-state index is 0.00307. The van der Waals surface area contributed by atoms with Crippen molar-refractivity contribution in [2.24, 2.45) is 0 Å². The van der Waals surface area contributed by atoms with Crippen LogP contribution in [0.4, 0.5) is 11.4 Å². The van der Waals surface area contributed by atoms with Crippen molar-refractivity contribution in [1.82, 2.24) is 10.2 Å². The first-order valence-electron chi connectivity index (χ1n) is 7.06. The first-order valence-corrected chi connectivity index (χ1v) is 7.06. The molecule has 1 aliphatic heterocycles. The Bertz CT molecular complexity index is 547. The number of piperazine rings is 1. The van der Waals surface area contributed by atoms with Crippen molar-refractivity contribution in [3.05, 3.63) is 33.9 Å². The summed E-state index contributed by atoms with van der Waals surface area (Å²) in [7, 11) is 0. The molecule has 2 rings (SSSR count). The summed E-state index contributed by atoms with van der Waals surface area (Å²) in [6.45, 7) is 6.21. The second-order valence-electron chi connectivity index (χ2n) is 5.04. The van der Waals surface area contributed by atoms with E-state index in [4.69, 9.17) is 0 Å². The number of carbonyl (C=O) groups excluding carboxylic acids is 1. The minimum Gasteiger partial charge on any atom is -0.380 e. The van der Waals surface area contributed by atoms with E-state index < -0.39 is 0 Å². The molecule has 1 atom stereocenters. The normalized spacial score (nSPS) is 19.1. The molecular formula is C14H20N4O3. The number of benzene rings is 1. The molecule has 0 aliphatic carbocycles. The van der Waals surface area contributed by atoms with E-state index in [1.54, 1.807) is 6.07 Å². The maximum Gasteiger partial charge on any atom is 0.292 e. The van der Waals surface area contributed by atoms with Crippen LogP contribution in [-0.2, 0) is 11.3 Å². The van der Waals surface area contributed by atoms with Crippen LogP contribution in [0.5, 0.6) is 0 Å². The number of hydrogen-bond acceptors (Lipinski definition) is 5. The van der Waals surface area contributed by atoms with Crippen LogP contribution in [0.3, 0.4) is 0 Å². The van der Waals surface area contributed by atoms with E-state index in [-0.39, 0.29) is 22.6 Å². The van der Waals surface area contributed by atoms with Crippen molar-refractivity contribution in [2.45, 2.75) is 26.4 Å². The molecule has 1 saturated heterocycles. The van der Waals surface area contributed by atoms with Crippen LogP contribution in [0, 0.1) is 10.1 Å². The summed E-state index contributed by atoms with van der Waals surface area (Å²) in [5, 5.41) is 17.0. The molecule has 1 fully saturated rings. The maximum atomic E-state index is 11.7. The van der Waals surface area contributed by atoms with Gasteiger partial charge in [0, 0.05) is 32.2 Å². The average Bonchev–Trinajstić information content (AvgIpc) is 2.45. The number of nitrogens with one attached hydrogen (secondary N) is 2. The summed E-state index contributed by atoms with van der Waals surface area (Å²) >= 11 is 0. The molecule has 0 radical (unpaired) electrons. The third kappa shape index (κ3) is 3.30. The molecule has 1 aliphatic rings. The first-order chi connectivity index (χ1) is 10.0. The molecule has 0 saturated carbocycles. The summed E-state index contributed by atoms with van der Waals surface area (Å²) in [6, 6.07) is 4.81. The van der Waals surface area contributed by atoms with Crippen molar-refractivity contribution < 1.29 is 9.72 Å². The van der Waals surface area contributed by atoms with Gasteiger partial charge in [-0.2, -0.15) is 0 Å². The van der Waals surface area contributed by atoms with E-state index in [9.17, 15) is 14.9 Å². The third-order valence-corrected chi connectivity index (χ3v) is 3.68. The van der Waals surface area contributed by atoms with Crippen molar-refractivity contribution in [1.29, 1.82) is 0 Å². The van der Waals surface area contributed by atoms with Gasteiger partial charge >= 0.3 is 0 Å². The molecule has 0 aromatic heterocycles. The highest BCUT2D eigenvalue weighted by atomic mass is 16.6. The fraction of sp³-hybridized carbons (Fsp3) is 0.500. The van der Waals surface area contributed by atoms with Gasteiger partial charge in [0.1, 0.15) is 5.69 Å². The van der Waals surface area contributed by atoms with Crippen molar-refractivity contribution in [3.63, 3.8) is 0 Å². The topological polar surface area (TPSA) is 87.5 Å². The molecule has 0 spiro atoms. The quantitative estimate of drug-likeness (QED) is 0.632. The molecular weight excluding hydrogens is 272 g/mol. The van der Waals surface area contributed by atoms with Crippen LogP contribution < -0.4 is 10.6 Å². The van der Waals surface area contributed by atoms with Gasteiger partial charge in [-0.1, -0.05) is 12.1 Å². The van der Waals surface area contributed by atoms with Gasteiger partial charge in [-0.3, -0.25) is 19.8 Å². The highest BCUT2D eigenvalue weighted by Gasteiger charge is 2.27. The summed E-state index contributed by atoms with van der Waals surface area (Å²) in [6.07, 6.45) is 0. The Kier molecular flexibility index (Phi) is 4.74. The lowest BCUT2D eigenvalue weighted by atomic mass is 10.1. The smallest absolute Gasteiger partial charge is 0.292 e. The van der Waals surface area contributed by atoms with Crippen LogP contribution >= 0.6 is 0 Å². The third-order valence-electron chi connectivity index (χ3n) is 3.68. The number of nitro benzene ring substituents is 1. The molecule has 2 N–H and O–H groups in total. The molecule has 7 heteroatoms. The fourth-order valence-electron chi connectivity index (χ4n) is 2.52. The Hall–Kier alpha value is -2.15. The Balaban J connectivity index is 2.28. The van der Waals surface area contributed by atoms with Crippen LogP contribution in [-0.4, -0.2) is 41.4 Å². The van der Waals surface area contributed by atoms with Gasteiger partial charge in [0.15, 0.2) is 0 Å². The van der Waals surface area contributed by atoms with Crippen LogP contribution in [0.1, 0.15) is 19.4 Å². The fourth-order valence-corrected chi connectivity index (χ4v) is 2.52. The SMILES string of the molecule is CCNc1c(CN2CCNC(=O)C2C)cccc1[N+](=O)[O-]. The zero-order valence-electron chi connectivity index (χ0n) is 12.3. The number of carbonyl (C=O) groups is 1. The van der Waals surface area contributed by atoms with Gasteiger partial charge < -0.3 is 10.6 Å². The number of nitro groups is 1. The number of amides is 1. The molecule has 7 nitrogen and oxygen atoms in total. The van der Waals surface area contributed by atoms with Crippen molar-refractivity contribution in [3.8, 4) is 0 Å². The predicted octanol–water partition coefficient (Wildman–Crippen LogP) is 1.35. The molecule has 1 aromatic carbocycles. The standard InChI is InChI=1S/C14H20N4O3/c1-3-15-13-11(5-4-6-12(13)18(20)21)9-17-8-7-16-14(19)10(17)2/h4-6,10,15H,3,7-9H2,1-2H3,(H,16,19). The van der Waals surface area contributed by atoms with E-state index in [2.05, 4.69) is 10.6 Å². The Morgan fingerprint density at radius 3 is 2.95 bits per heavy atom. The van der Waals surface area contributed by atoms with Gasteiger partial charge in [-0.15, -0.1) is 0 Å². The van der Waals surface area contributed by atoms with Crippen LogP contribution in [0.25, 0.3) is 0 Å². The van der Waals surface area contributed by atoms with Crippen molar-refractivity contribution in [2.75, 3.05) is 25.0 Å². The lowest BCUT2D eigenvalue weighted by molar-refractivity contribution is -0.384. The summed E-state index contributed by atoms with van der Waals surface area (Å²) in [5.74, 6) is -0.00307. The van der Waals surface area contributed by atoms with E-state index in [0.717, 1.165) is 12.1 Å².